The highest BCUT2D eigenvalue weighted by atomic mass is 19.1. The summed E-state index contributed by atoms with van der Waals surface area (Å²) in [5, 5.41) is 2.86. The van der Waals surface area contributed by atoms with Crippen LogP contribution < -0.4 is 15.1 Å². The second-order valence-electron chi connectivity index (χ2n) is 6.75. The number of nitrogens with one attached hydrogen (secondary N) is 1. The van der Waals surface area contributed by atoms with Crippen molar-refractivity contribution in [1.29, 1.82) is 0 Å². The quantitative estimate of drug-likeness (QED) is 0.718. The van der Waals surface area contributed by atoms with E-state index in [-0.39, 0.29) is 11.7 Å². The SMILES string of the molecule is O=C(NCc1ccncc1)c1cc(N2CCN(c3ccc(F)cc3)CC2)ncn1. The lowest BCUT2D eigenvalue weighted by Gasteiger charge is -2.36. The monoisotopic (exact) mass is 392 g/mol. The molecule has 1 aromatic carbocycles. The minimum Gasteiger partial charge on any atom is -0.368 e. The standard InChI is InChI=1S/C21H21FN6O/c22-17-1-3-18(4-2-17)27-9-11-28(12-10-27)20-13-19(25-15-26-20)21(29)24-14-16-5-7-23-8-6-16/h1-8,13,15H,9-12,14H2,(H,24,29). The molecule has 1 fully saturated rings. The molecule has 0 bridgehead atoms. The maximum Gasteiger partial charge on any atom is 0.270 e. The van der Waals surface area contributed by atoms with Gasteiger partial charge < -0.3 is 15.1 Å². The molecule has 1 saturated heterocycles. The number of anilines is 2. The summed E-state index contributed by atoms with van der Waals surface area (Å²) in [5.74, 6) is 0.256. The Morgan fingerprint density at radius 1 is 0.966 bits per heavy atom. The van der Waals surface area contributed by atoms with Gasteiger partial charge in [-0.2, -0.15) is 0 Å². The van der Waals surface area contributed by atoms with E-state index in [2.05, 4.69) is 30.1 Å². The molecule has 3 heterocycles. The molecular weight excluding hydrogens is 371 g/mol. The first-order valence-electron chi connectivity index (χ1n) is 9.44. The number of halogens is 1. The van der Waals surface area contributed by atoms with E-state index in [1.165, 1.54) is 18.5 Å². The summed E-state index contributed by atoms with van der Waals surface area (Å²) in [6.45, 7) is 3.51. The van der Waals surface area contributed by atoms with Crippen molar-refractivity contribution in [3.05, 3.63) is 78.3 Å². The number of piperazine rings is 1. The molecule has 2 aromatic heterocycles. The third kappa shape index (κ3) is 4.66. The van der Waals surface area contributed by atoms with Crippen LogP contribution in [0.2, 0.25) is 0 Å². The highest BCUT2D eigenvalue weighted by Gasteiger charge is 2.19. The molecule has 1 aliphatic rings. The molecule has 0 spiro atoms. The summed E-state index contributed by atoms with van der Waals surface area (Å²) in [4.78, 5) is 29.2. The van der Waals surface area contributed by atoms with E-state index in [1.807, 2.05) is 12.1 Å². The van der Waals surface area contributed by atoms with E-state index >= 15 is 0 Å². The molecule has 148 valence electrons. The summed E-state index contributed by atoms with van der Waals surface area (Å²) < 4.78 is 13.1. The van der Waals surface area contributed by atoms with Gasteiger partial charge in [0, 0.05) is 56.9 Å². The lowest BCUT2D eigenvalue weighted by atomic mass is 10.2. The Kier molecular flexibility index (Phi) is 5.60. The lowest BCUT2D eigenvalue weighted by Crippen LogP contribution is -2.47. The van der Waals surface area contributed by atoms with Crippen LogP contribution in [-0.2, 0) is 6.54 Å². The van der Waals surface area contributed by atoms with Crippen LogP contribution in [0.1, 0.15) is 16.1 Å². The van der Waals surface area contributed by atoms with Gasteiger partial charge in [0.15, 0.2) is 0 Å². The predicted octanol–water partition coefficient (Wildman–Crippen LogP) is 2.27. The van der Waals surface area contributed by atoms with Crippen molar-refractivity contribution < 1.29 is 9.18 Å². The van der Waals surface area contributed by atoms with E-state index in [4.69, 9.17) is 0 Å². The number of hydrogen-bond acceptors (Lipinski definition) is 6. The fourth-order valence-electron chi connectivity index (χ4n) is 3.26. The van der Waals surface area contributed by atoms with Gasteiger partial charge in [0.25, 0.3) is 5.91 Å². The topological polar surface area (TPSA) is 74.2 Å². The third-order valence-electron chi connectivity index (χ3n) is 4.88. The second kappa shape index (κ2) is 8.64. The first-order chi connectivity index (χ1) is 14.2. The van der Waals surface area contributed by atoms with Crippen molar-refractivity contribution >= 4 is 17.4 Å². The van der Waals surface area contributed by atoms with E-state index in [1.54, 1.807) is 30.6 Å². The Balaban J connectivity index is 1.36. The summed E-state index contributed by atoms with van der Waals surface area (Å²) in [5.41, 5.74) is 2.31. The molecule has 1 amide bonds. The molecule has 0 atom stereocenters. The van der Waals surface area contributed by atoms with E-state index in [9.17, 15) is 9.18 Å². The van der Waals surface area contributed by atoms with Crippen LogP contribution in [0.15, 0.2) is 61.2 Å². The van der Waals surface area contributed by atoms with Crippen molar-refractivity contribution in [2.75, 3.05) is 36.0 Å². The number of benzene rings is 1. The van der Waals surface area contributed by atoms with E-state index < -0.39 is 0 Å². The minimum absolute atomic E-state index is 0.233. The molecule has 4 rings (SSSR count). The smallest absolute Gasteiger partial charge is 0.270 e. The third-order valence-corrected chi connectivity index (χ3v) is 4.88. The van der Waals surface area contributed by atoms with Crippen molar-refractivity contribution in [3.63, 3.8) is 0 Å². The van der Waals surface area contributed by atoms with Crippen LogP contribution in [0.3, 0.4) is 0 Å². The van der Waals surface area contributed by atoms with Crippen molar-refractivity contribution in [2.24, 2.45) is 0 Å². The van der Waals surface area contributed by atoms with Gasteiger partial charge >= 0.3 is 0 Å². The Labute approximate surface area is 168 Å². The van der Waals surface area contributed by atoms with Gasteiger partial charge in [0.05, 0.1) is 0 Å². The van der Waals surface area contributed by atoms with Crippen LogP contribution in [0.4, 0.5) is 15.9 Å². The highest BCUT2D eigenvalue weighted by Crippen LogP contribution is 2.19. The zero-order chi connectivity index (χ0) is 20.1. The molecule has 29 heavy (non-hydrogen) atoms. The van der Waals surface area contributed by atoms with Crippen molar-refractivity contribution in [1.82, 2.24) is 20.3 Å². The van der Waals surface area contributed by atoms with Gasteiger partial charge in [0.2, 0.25) is 0 Å². The molecule has 1 N–H and O–H groups in total. The van der Waals surface area contributed by atoms with Gasteiger partial charge in [-0.3, -0.25) is 9.78 Å². The highest BCUT2D eigenvalue weighted by molar-refractivity contribution is 5.92. The Morgan fingerprint density at radius 2 is 1.66 bits per heavy atom. The van der Waals surface area contributed by atoms with E-state index in [0.717, 1.165) is 43.2 Å². The molecule has 1 aliphatic heterocycles. The number of carbonyl (C=O) groups excluding carboxylic acids is 1. The zero-order valence-corrected chi connectivity index (χ0v) is 15.8. The maximum absolute atomic E-state index is 13.1. The Bertz CT molecular complexity index is 958. The molecule has 0 unspecified atom stereocenters. The summed E-state index contributed by atoms with van der Waals surface area (Å²) in [6.07, 6.45) is 4.80. The van der Waals surface area contributed by atoms with Gasteiger partial charge in [-0.1, -0.05) is 0 Å². The van der Waals surface area contributed by atoms with Gasteiger partial charge in [-0.15, -0.1) is 0 Å². The average molecular weight is 392 g/mol. The summed E-state index contributed by atoms with van der Waals surface area (Å²) >= 11 is 0. The number of aromatic nitrogens is 3. The van der Waals surface area contributed by atoms with Gasteiger partial charge in [-0.05, 0) is 42.0 Å². The molecule has 7 nitrogen and oxygen atoms in total. The fourth-order valence-corrected chi connectivity index (χ4v) is 3.26. The average Bonchev–Trinajstić information content (AvgIpc) is 2.79. The number of rotatable bonds is 5. The molecule has 3 aromatic rings. The fraction of sp³-hybridized carbons (Fsp3) is 0.238. The lowest BCUT2D eigenvalue weighted by molar-refractivity contribution is 0.0945. The number of amides is 1. The first-order valence-corrected chi connectivity index (χ1v) is 9.44. The number of carbonyl (C=O) groups is 1. The molecular formula is C21H21FN6O. The van der Waals surface area contributed by atoms with Crippen LogP contribution in [0, 0.1) is 5.82 Å². The summed E-state index contributed by atoms with van der Waals surface area (Å²) in [6, 6.07) is 12.0. The maximum atomic E-state index is 13.1. The van der Waals surface area contributed by atoms with Crippen molar-refractivity contribution in [2.45, 2.75) is 6.54 Å². The second-order valence-corrected chi connectivity index (χ2v) is 6.75. The number of hydrogen-bond donors (Lipinski definition) is 1. The molecule has 0 aliphatic carbocycles. The first kappa shape index (κ1) is 18.8. The van der Waals surface area contributed by atoms with Gasteiger partial charge in [-0.25, -0.2) is 14.4 Å². The Hall–Kier alpha value is -3.55. The van der Waals surface area contributed by atoms with Gasteiger partial charge in [0.1, 0.15) is 23.7 Å². The molecule has 0 saturated carbocycles. The molecule has 8 heteroatoms. The van der Waals surface area contributed by atoms with Crippen LogP contribution in [-0.4, -0.2) is 47.0 Å². The van der Waals surface area contributed by atoms with Crippen LogP contribution >= 0.6 is 0 Å². The zero-order valence-electron chi connectivity index (χ0n) is 15.8. The predicted molar refractivity (Wildman–Crippen MR) is 108 cm³/mol. The number of nitrogens with zero attached hydrogens (tertiary/aromatic N) is 5. The van der Waals surface area contributed by atoms with Crippen LogP contribution in [0.25, 0.3) is 0 Å². The molecule has 0 radical (unpaired) electrons. The van der Waals surface area contributed by atoms with Crippen LogP contribution in [0.5, 0.6) is 0 Å². The minimum atomic E-state index is -0.240. The van der Waals surface area contributed by atoms with Crippen molar-refractivity contribution in [3.8, 4) is 0 Å². The summed E-state index contributed by atoms with van der Waals surface area (Å²) in [7, 11) is 0. The largest absolute Gasteiger partial charge is 0.368 e. The van der Waals surface area contributed by atoms with E-state index in [0.29, 0.717) is 12.2 Å². The normalized spacial score (nSPS) is 14.0. The number of pyridine rings is 1. The Morgan fingerprint density at radius 3 is 2.38 bits per heavy atom.